The Bertz CT molecular complexity index is 1650. The summed E-state index contributed by atoms with van der Waals surface area (Å²) < 4.78 is 24.0. The molecule has 0 spiro atoms. The molecular weight excluding hydrogens is 525 g/mol. The zero-order valence-corrected chi connectivity index (χ0v) is 22.4. The second kappa shape index (κ2) is 11.8. The second-order valence-electron chi connectivity index (χ2n) is 9.22. The molecule has 2 heterocycles. The third-order valence-corrected chi connectivity index (χ3v) is 6.40. The van der Waals surface area contributed by atoms with Crippen molar-refractivity contribution in [2.24, 2.45) is 5.10 Å². The van der Waals surface area contributed by atoms with E-state index in [1.165, 1.54) is 17.1 Å². The first kappa shape index (κ1) is 27.3. The highest BCUT2D eigenvalue weighted by atomic mass is 19.1. The van der Waals surface area contributed by atoms with E-state index in [0.29, 0.717) is 39.6 Å². The van der Waals surface area contributed by atoms with Crippen LogP contribution < -0.4 is 10.3 Å². The number of ether oxygens (including phenoxy) is 1. The van der Waals surface area contributed by atoms with Crippen LogP contribution in [0.25, 0.3) is 17.4 Å². The molecule has 0 atom stereocenters. The molecule has 9 heteroatoms. The predicted molar refractivity (Wildman–Crippen MR) is 153 cm³/mol. The SMILES string of the molecule is CCOC(=O)c1ccc(N2N=C(C)/C(=C/c3ccc(-c4ccc(C(=O)NCc5ccc(F)cc5)cc4)o3)C2=O)cc1. The summed E-state index contributed by atoms with van der Waals surface area (Å²) in [5.74, 6) is -0.284. The summed E-state index contributed by atoms with van der Waals surface area (Å²) in [5.41, 5.74) is 3.85. The third kappa shape index (κ3) is 6.14. The van der Waals surface area contributed by atoms with Gasteiger partial charge < -0.3 is 14.5 Å². The number of anilines is 1. The number of carbonyl (C=O) groups excluding carboxylic acids is 3. The van der Waals surface area contributed by atoms with Gasteiger partial charge in [-0.25, -0.2) is 9.18 Å². The fourth-order valence-electron chi connectivity index (χ4n) is 4.21. The van der Waals surface area contributed by atoms with E-state index >= 15 is 0 Å². The van der Waals surface area contributed by atoms with Crippen molar-refractivity contribution in [2.75, 3.05) is 11.6 Å². The van der Waals surface area contributed by atoms with Crippen molar-refractivity contribution in [3.8, 4) is 11.3 Å². The lowest BCUT2D eigenvalue weighted by Gasteiger charge is -2.12. The minimum absolute atomic E-state index is 0.250. The van der Waals surface area contributed by atoms with Crippen molar-refractivity contribution >= 4 is 35.3 Å². The van der Waals surface area contributed by atoms with Gasteiger partial charge in [-0.3, -0.25) is 9.59 Å². The highest BCUT2D eigenvalue weighted by Gasteiger charge is 2.29. The molecule has 0 aliphatic carbocycles. The lowest BCUT2D eigenvalue weighted by molar-refractivity contribution is -0.114. The van der Waals surface area contributed by atoms with E-state index in [4.69, 9.17) is 9.15 Å². The molecule has 1 aliphatic heterocycles. The second-order valence-corrected chi connectivity index (χ2v) is 9.22. The number of benzene rings is 3. The van der Waals surface area contributed by atoms with Gasteiger partial charge in [0.2, 0.25) is 0 Å². The first-order valence-electron chi connectivity index (χ1n) is 12.9. The maximum atomic E-state index is 13.1. The van der Waals surface area contributed by atoms with Crippen LogP contribution >= 0.6 is 0 Å². The van der Waals surface area contributed by atoms with E-state index in [0.717, 1.165) is 11.1 Å². The van der Waals surface area contributed by atoms with Crippen molar-refractivity contribution in [1.82, 2.24) is 5.32 Å². The van der Waals surface area contributed by atoms with Gasteiger partial charge in [-0.05, 0) is 86.2 Å². The molecule has 0 saturated carbocycles. The predicted octanol–water partition coefficient (Wildman–Crippen LogP) is 6.00. The first-order chi connectivity index (χ1) is 19.8. The van der Waals surface area contributed by atoms with Crippen LogP contribution in [0.4, 0.5) is 10.1 Å². The molecule has 0 radical (unpaired) electrons. The minimum Gasteiger partial charge on any atom is -0.462 e. The van der Waals surface area contributed by atoms with Gasteiger partial charge in [0.25, 0.3) is 11.8 Å². The molecule has 1 aliphatic rings. The Morgan fingerprint density at radius 2 is 1.63 bits per heavy atom. The quantitative estimate of drug-likeness (QED) is 0.214. The summed E-state index contributed by atoms with van der Waals surface area (Å²) in [5, 5.41) is 8.47. The Morgan fingerprint density at radius 1 is 0.951 bits per heavy atom. The van der Waals surface area contributed by atoms with Crippen molar-refractivity contribution < 1.29 is 27.9 Å². The highest BCUT2D eigenvalue weighted by Crippen LogP contribution is 2.28. The lowest BCUT2D eigenvalue weighted by atomic mass is 10.1. The summed E-state index contributed by atoms with van der Waals surface area (Å²) in [7, 11) is 0. The standard InChI is InChI=1S/C32H26FN3O5/c1-3-40-32(39)24-10-14-26(15-11-24)36-31(38)28(20(2)35-36)18-27-16-17-29(41-27)22-6-8-23(9-7-22)30(37)34-19-21-4-12-25(33)13-5-21/h4-18H,3,19H2,1-2H3,(H,34,37)/b28-18-. The van der Waals surface area contributed by atoms with Crippen molar-refractivity contribution in [3.05, 3.63) is 119 Å². The van der Waals surface area contributed by atoms with Gasteiger partial charge in [-0.1, -0.05) is 24.3 Å². The molecule has 41 heavy (non-hydrogen) atoms. The number of halogens is 1. The highest BCUT2D eigenvalue weighted by molar-refractivity contribution is 6.32. The van der Waals surface area contributed by atoms with Crippen LogP contribution in [0.5, 0.6) is 0 Å². The molecule has 1 aromatic heterocycles. The Kier molecular flexibility index (Phi) is 7.87. The van der Waals surface area contributed by atoms with Gasteiger partial charge >= 0.3 is 5.97 Å². The van der Waals surface area contributed by atoms with E-state index in [9.17, 15) is 18.8 Å². The molecule has 3 aromatic carbocycles. The molecule has 4 aromatic rings. The van der Waals surface area contributed by atoms with Gasteiger partial charge in [0.15, 0.2) is 0 Å². The van der Waals surface area contributed by atoms with Crippen LogP contribution in [0.1, 0.15) is 45.9 Å². The Hall–Kier alpha value is -5.31. The number of rotatable bonds is 8. The topological polar surface area (TPSA) is 101 Å². The van der Waals surface area contributed by atoms with Crippen molar-refractivity contribution in [2.45, 2.75) is 20.4 Å². The van der Waals surface area contributed by atoms with E-state index in [-0.39, 0.29) is 30.8 Å². The zero-order chi connectivity index (χ0) is 28.9. The smallest absolute Gasteiger partial charge is 0.338 e. The molecule has 2 amide bonds. The summed E-state index contributed by atoms with van der Waals surface area (Å²) in [6.07, 6.45) is 1.63. The van der Waals surface area contributed by atoms with Gasteiger partial charge in [0, 0.05) is 17.7 Å². The lowest BCUT2D eigenvalue weighted by Crippen LogP contribution is -2.22. The minimum atomic E-state index is -0.430. The van der Waals surface area contributed by atoms with E-state index in [1.807, 2.05) is 0 Å². The number of esters is 1. The van der Waals surface area contributed by atoms with Crippen LogP contribution in [-0.2, 0) is 16.1 Å². The van der Waals surface area contributed by atoms with E-state index in [2.05, 4.69) is 10.4 Å². The summed E-state index contributed by atoms with van der Waals surface area (Å²) in [6, 6.07) is 22.9. The Balaban J connectivity index is 1.24. The van der Waals surface area contributed by atoms with E-state index < -0.39 is 5.97 Å². The molecule has 0 fully saturated rings. The molecule has 1 N–H and O–H groups in total. The Morgan fingerprint density at radius 3 is 2.32 bits per heavy atom. The maximum Gasteiger partial charge on any atom is 0.338 e. The van der Waals surface area contributed by atoms with Crippen LogP contribution in [0.3, 0.4) is 0 Å². The normalized spacial score (nSPS) is 13.8. The number of carbonyl (C=O) groups is 3. The summed E-state index contributed by atoms with van der Waals surface area (Å²) in [6.45, 7) is 4.04. The molecule has 206 valence electrons. The molecule has 0 unspecified atom stereocenters. The number of nitrogens with one attached hydrogen (secondary N) is 1. The van der Waals surface area contributed by atoms with Crippen LogP contribution in [0, 0.1) is 5.82 Å². The first-order valence-corrected chi connectivity index (χ1v) is 12.9. The fourth-order valence-corrected chi connectivity index (χ4v) is 4.21. The molecule has 8 nitrogen and oxygen atoms in total. The van der Waals surface area contributed by atoms with E-state index in [1.54, 1.807) is 92.7 Å². The van der Waals surface area contributed by atoms with Crippen LogP contribution in [0.2, 0.25) is 0 Å². The third-order valence-electron chi connectivity index (χ3n) is 6.40. The van der Waals surface area contributed by atoms with Gasteiger partial charge in [-0.15, -0.1) is 0 Å². The zero-order valence-electron chi connectivity index (χ0n) is 22.4. The van der Waals surface area contributed by atoms with Gasteiger partial charge in [0.1, 0.15) is 17.3 Å². The average molecular weight is 552 g/mol. The monoisotopic (exact) mass is 551 g/mol. The maximum absolute atomic E-state index is 13.1. The Labute approximate surface area is 235 Å². The number of amides is 2. The number of hydrogen-bond acceptors (Lipinski definition) is 6. The molecule has 0 saturated heterocycles. The summed E-state index contributed by atoms with van der Waals surface area (Å²) >= 11 is 0. The summed E-state index contributed by atoms with van der Waals surface area (Å²) in [4.78, 5) is 37.6. The van der Waals surface area contributed by atoms with Crippen molar-refractivity contribution in [3.63, 3.8) is 0 Å². The molecular formula is C32H26FN3O5. The van der Waals surface area contributed by atoms with Gasteiger partial charge in [0.05, 0.1) is 29.1 Å². The molecule has 0 bridgehead atoms. The average Bonchev–Trinajstić information content (AvgIpc) is 3.57. The van der Waals surface area contributed by atoms with Crippen LogP contribution in [-0.4, -0.2) is 30.1 Å². The van der Waals surface area contributed by atoms with Crippen molar-refractivity contribution in [1.29, 1.82) is 0 Å². The number of hydrazone groups is 1. The fraction of sp³-hybridized carbons (Fsp3) is 0.125. The van der Waals surface area contributed by atoms with Gasteiger partial charge in [-0.2, -0.15) is 10.1 Å². The largest absolute Gasteiger partial charge is 0.462 e. The molecule has 5 rings (SSSR count). The number of nitrogens with zero attached hydrogens (tertiary/aromatic N) is 2. The number of hydrogen-bond donors (Lipinski definition) is 1. The number of furan rings is 1. The van der Waals surface area contributed by atoms with Crippen LogP contribution in [0.15, 0.2) is 100 Å².